The standard InChI is InChI=1S/C22H26N2O3S/c1-22(2,3)17-8-10-18(11-9-17)28(26,27)23-14-20-19-7-5-4-6-16(19)12-13-24(20)21(25)15-23/h4-11,20H,12-15H2,1-3H3/t20-/m1/s1. The minimum Gasteiger partial charge on any atom is -0.333 e. The summed E-state index contributed by atoms with van der Waals surface area (Å²) in [5.74, 6) is -0.124. The van der Waals surface area contributed by atoms with E-state index < -0.39 is 10.0 Å². The lowest BCUT2D eigenvalue weighted by Gasteiger charge is -2.44. The quantitative estimate of drug-likeness (QED) is 0.781. The number of piperazine rings is 1. The molecule has 4 rings (SSSR count). The van der Waals surface area contributed by atoms with Gasteiger partial charge in [0.2, 0.25) is 15.9 Å². The maximum absolute atomic E-state index is 13.2. The van der Waals surface area contributed by atoms with Crippen LogP contribution in [0.2, 0.25) is 0 Å². The first-order chi connectivity index (χ1) is 13.2. The molecule has 2 aromatic carbocycles. The Hall–Kier alpha value is -2.18. The average Bonchev–Trinajstić information content (AvgIpc) is 2.67. The van der Waals surface area contributed by atoms with E-state index in [-0.39, 0.29) is 28.8 Å². The van der Waals surface area contributed by atoms with Gasteiger partial charge in [0.15, 0.2) is 0 Å². The monoisotopic (exact) mass is 398 g/mol. The van der Waals surface area contributed by atoms with Gasteiger partial charge in [-0.25, -0.2) is 8.42 Å². The number of nitrogens with zero attached hydrogens (tertiary/aromatic N) is 2. The summed E-state index contributed by atoms with van der Waals surface area (Å²) >= 11 is 0. The molecule has 1 amide bonds. The molecule has 0 N–H and O–H groups in total. The third kappa shape index (κ3) is 3.25. The summed E-state index contributed by atoms with van der Waals surface area (Å²) in [5.41, 5.74) is 3.29. The van der Waals surface area contributed by atoms with Crippen molar-refractivity contribution in [1.29, 1.82) is 0 Å². The van der Waals surface area contributed by atoms with Crippen molar-refractivity contribution in [2.75, 3.05) is 19.6 Å². The Balaban J connectivity index is 1.65. The first kappa shape index (κ1) is 19.2. The minimum absolute atomic E-state index is 0.0459. The normalized spacial score (nSPS) is 20.6. The zero-order chi connectivity index (χ0) is 20.1. The Kier molecular flexibility index (Phi) is 4.59. The van der Waals surface area contributed by atoms with Crippen molar-refractivity contribution >= 4 is 15.9 Å². The van der Waals surface area contributed by atoms with E-state index in [1.54, 1.807) is 12.1 Å². The third-order valence-corrected chi connectivity index (χ3v) is 7.60. The highest BCUT2D eigenvalue weighted by molar-refractivity contribution is 7.89. The number of carbonyl (C=O) groups excluding carboxylic acids is 1. The first-order valence-electron chi connectivity index (χ1n) is 9.66. The highest BCUT2D eigenvalue weighted by Crippen LogP contribution is 2.35. The van der Waals surface area contributed by atoms with E-state index in [9.17, 15) is 13.2 Å². The van der Waals surface area contributed by atoms with E-state index >= 15 is 0 Å². The molecule has 2 aromatic rings. The van der Waals surface area contributed by atoms with Gasteiger partial charge in [0.25, 0.3) is 0 Å². The number of carbonyl (C=O) groups is 1. The third-order valence-electron chi connectivity index (χ3n) is 5.78. The van der Waals surface area contributed by atoms with Gasteiger partial charge in [-0.15, -0.1) is 0 Å². The molecule has 1 atom stereocenters. The van der Waals surface area contributed by atoms with Crippen molar-refractivity contribution in [3.05, 3.63) is 65.2 Å². The van der Waals surface area contributed by atoms with Crippen LogP contribution in [0.15, 0.2) is 53.4 Å². The van der Waals surface area contributed by atoms with Crippen molar-refractivity contribution in [2.24, 2.45) is 0 Å². The molecule has 1 fully saturated rings. The molecule has 148 valence electrons. The minimum atomic E-state index is -3.72. The van der Waals surface area contributed by atoms with Crippen LogP contribution < -0.4 is 0 Å². The lowest BCUT2D eigenvalue weighted by molar-refractivity contribution is -0.138. The number of amides is 1. The molecular weight excluding hydrogens is 372 g/mol. The highest BCUT2D eigenvalue weighted by Gasteiger charge is 2.41. The summed E-state index contributed by atoms with van der Waals surface area (Å²) in [6.45, 7) is 7.13. The van der Waals surface area contributed by atoms with E-state index in [1.165, 1.54) is 9.87 Å². The fourth-order valence-electron chi connectivity index (χ4n) is 4.11. The predicted molar refractivity (Wildman–Crippen MR) is 109 cm³/mol. The molecule has 0 unspecified atom stereocenters. The number of sulfonamides is 1. The number of fused-ring (bicyclic) bond motifs is 3. The molecule has 6 heteroatoms. The average molecular weight is 399 g/mol. The Morgan fingerprint density at radius 3 is 2.36 bits per heavy atom. The molecule has 1 saturated heterocycles. The van der Waals surface area contributed by atoms with Gasteiger partial charge in [0, 0.05) is 13.1 Å². The second-order valence-electron chi connectivity index (χ2n) is 8.62. The van der Waals surface area contributed by atoms with Gasteiger partial charge in [-0.1, -0.05) is 57.2 Å². The van der Waals surface area contributed by atoms with Crippen molar-refractivity contribution < 1.29 is 13.2 Å². The van der Waals surface area contributed by atoms with Crippen molar-refractivity contribution in [2.45, 2.75) is 43.5 Å². The lowest BCUT2D eigenvalue weighted by Crippen LogP contribution is -2.55. The second-order valence-corrected chi connectivity index (χ2v) is 10.6. The van der Waals surface area contributed by atoms with Crippen LogP contribution in [-0.2, 0) is 26.7 Å². The van der Waals surface area contributed by atoms with Crippen LogP contribution in [0.4, 0.5) is 0 Å². The molecule has 2 aliphatic heterocycles. The van der Waals surface area contributed by atoms with Crippen LogP contribution in [0.1, 0.15) is 43.5 Å². The van der Waals surface area contributed by atoms with E-state index in [2.05, 4.69) is 26.8 Å². The first-order valence-corrected chi connectivity index (χ1v) is 11.1. The van der Waals surface area contributed by atoms with Crippen molar-refractivity contribution in [1.82, 2.24) is 9.21 Å². The van der Waals surface area contributed by atoms with Crippen LogP contribution in [-0.4, -0.2) is 43.2 Å². The molecule has 2 heterocycles. The Labute approximate surface area is 167 Å². The van der Waals surface area contributed by atoms with Crippen LogP contribution >= 0.6 is 0 Å². The number of rotatable bonds is 2. The lowest BCUT2D eigenvalue weighted by atomic mass is 9.87. The maximum atomic E-state index is 13.2. The number of hydrogen-bond donors (Lipinski definition) is 0. The van der Waals surface area contributed by atoms with Gasteiger partial charge in [-0.3, -0.25) is 4.79 Å². The number of benzene rings is 2. The second kappa shape index (κ2) is 6.71. The van der Waals surface area contributed by atoms with Gasteiger partial charge in [-0.05, 0) is 40.7 Å². The Morgan fingerprint density at radius 1 is 1.00 bits per heavy atom. The fraction of sp³-hybridized carbons (Fsp3) is 0.409. The largest absolute Gasteiger partial charge is 0.333 e. The molecule has 28 heavy (non-hydrogen) atoms. The summed E-state index contributed by atoms with van der Waals surface area (Å²) in [6, 6.07) is 14.8. The molecule has 0 spiro atoms. The highest BCUT2D eigenvalue weighted by atomic mass is 32.2. The SMILES string of the molecule is CC(C)(C)c1ccc(S(=O)(=O)N2CC(=O)N3CCc4ccccc4[C@H]3C2)cc1. The van der Waals surface area contributed by atoms with Gasteiger partial charge in [0.05, 0.1) is 17.5 Å². The topological polar surface area (TPSA) is 57.7 Å². The van der Waals surface area contributed by atoms with Gasteiger partial charge in [0.1, 0.15) is 0 Å². The van der Waals surface area contributed by atoms with Crippen LogP contribution in [0.25, 0.3) is 0 Å². The molecule has 0 aliphatic carbocycles. The molecule has 0 aromatic heterocycles. The van der Waals surface area contributed by atoms with Crippen molar-refractivity contribution in [3.8, 4) is 0 Å². The fourth-order valence-corrected chi connectivity index (χ4v) is 5.50. The van der Waals surface area contributed by atoms with E-state index in [4.69, 9.17) is 0 Å². The van der Waals surface area contributed by atoms with Crippen LogP contribution in [0.3, 0.4) is 0 Å². The molecule has 0 radical (unpaired) electrons. The summed E-state index contributed by atoms with van der Waals surface area (Å²) in [4.78, 5) is 14.8. The number of hydrogen-bond acceptors (Lipinski definition) is 3. The maximum Gasteiger partial charge on any atom is 0.243 e. The van der Waals surface area contributed by atoms with Gasteiger partial charge >= 0.3 is 0 Å². The van der Waals surface area contributed by atoms with E-state index in [0.29, 0.717) is 13.1 Å². The Bertz CT molecular complexity index is 1010. The predicted octanol–water partition coefficient (Wildman–Crippen LogP) is 3.11. The molecule has 5 nitrogen and oxygen atoms in total. The van der Waals surface area contributed by atoms with Gasteiger partial charge in [-0.2, -0.15) is 4.31 Å². The van der Waals surface area contributed by atoms with Crippen LogP contribution in [0.5, 0.6) is 0 Å². The summed E-state index contributed by atoms with van der Waals surface area (Å²) in [6.07, 6.45) is 0.819. The summed E-state index contributed by atoms with van der Waals surface area (Å²) < 4.78 is 27.8. The zero-order valence-corrected chi connectivity index (χ0v) is 17.4. The molecular formula is C22H26N2O3S. The summed E-state index contributed by atoms with van der Waals surface area (Å²) in [7, 11) is -3.72. The van der Waals surface area contributed by atoms with Crippen molar-refractivity contribution in [3.63, 3.8) is 0 Å². The summed E-state index contributed by atoms with van der Waals surface area (Å²) in [5, 5.41) is 0. The van der Waals surface area contributed by atoms with E-state index in [1.807, 2.05) is 35.2 Å². The molecule has 0 saturated carbocycles. The zero-order valence-electron chi connectivity index (χ0n) is 16.6. The van der Waals surface area contributed by atoms with Crippen LogP contribution in [0, 0.1) is 0 Å². The van der Waals surface area contributed by atoms with E-state index in [0.717, 1.165) is 17.5 Å². The van der Waals surface area contributed by atoms with Gasteiger partial charge < -0.3 is 4.90 Å². The molecule has 2 aliphatic rings. The smallest absolute Gasteiger partial charge is 0.243 e. The molecule has 0 bridgehead atoms. The Morgan fingerprint density at radius 2 is 1.68 bits per heavy atom.